The second-order valence-corrected chi connectivity index (χ2v) is 6.79. The van der Waals surface area contributed by atoms with Crippen molar-refractivity contribution in [2.45, 2.75) is 44.6 Å². The van der Waals surface area contributed by atoms with Crippen molar-refractivity contribution in [3.8, 4) is 0 Å². The van der Waals surface area contributed by atoms with E-state index in [1.165, 1.54) is 0 Å². The van der Waals surface area contributed by atoms with Crippen LogP contribution in [0.1, 0.15) is 39.0 Å². The molecule has 1 rings (SSSR count). The lowest BCUT2D eigenvalue weighted by Gasteiger charge is -2.38. The van der Waals surface area contributed by atoms with E-state index < -0.39 is 15.4 Å². The molecule has 0 unspecified atom stereocenters. The van der Waals surface area contributed by atoms with Crippen molar-refractivity contribution in [3.05, 3.63) is 0 Å². The fraction of sp³-hybridized carbons (Fsp3) is 0.909. The Morgan fingerprint density at radius 3 is 2.38 bits per heavy atom. The summed E-state index contributed by atoms with van der Waals surface area (Å²) < 4.78 is 27.7. The van der Waals surface area contributed by atoms with Crippen LogP contribution in [0.25, 0.3) is 0 Å². The van der Waals surface area contributed by atoms with Gasteiger partial charge in [0, 0.05) is 19.3 Å². The Hall–Kier alpha value is -0.420. The van der Waals surface area contributed by atoms with E-state index in [1.807, 2.05) is 0 Å². The van der Waals surface area contributed by atoms with Gasteiger partial charge in [-0.1, -0.05) is 6.92 Å². The molecule has 0 atom stereocenters. The van der Waals surface area contributed by atoms with E-state index in [1.54, 1.807) is 14.0 Å². The highest BCUT2D eigenvalue weighted by Crippen LogP contribution is 2.36. The molecule has 0 aromatic heterocycles. The monoisotopic (exact) mass is 248 g/mol. The molecule has 0 heterocycles. The average Bonchev–Trinajstić information content (AvgIpc) is 2.17. The lowest BCUT2D eigenvalue weighted by molar-refractivity contribution is -0.151. The molecule has 0 aromatic carbocycles. The molecule has 5 heteroatoms. The van der Waals surface area contributed by atoms with Crippen molar-refractivity contribution in [2.75, 3.05) is 18.6 Å². The van der Waals surface area contributed by atoms with Gasteiger partial charge >= 0.3 is 0 Å². The second kappa shape index (κ2) is 5.27. The minimum atomic E-state index is -2.95. The molecule has 0 N–H and O–H groups in total. The third-order valence-electron chi connectivity index (χ3n) is 3.36. The lowest BCUT2D eigenvalue weighted by Crippen LogP contribution is -2.47. The van der Waals surface area contributed by atoms with Crippen LogP contribution in [0.3, 0.4) is 0 Å². The highest BCUT2D eigenvalue weighted by atomic mass is 32.2. The second-order valence-electron chi connectivity index (χ2n) is 4.32. The molecule has 94 valence electrons. The zero-order valence-corrected chi connectivity index (χ0v) is 10.8. The van der Waals surface area contributed by atoms with Crippen LogP contribution in [0.4, 0.5) is 0 Å². The van der Waals surface area contributed by atoms with Gasteiger partial charge in [-0.25, -0.2) is 8.42 Å². The lowest BCUT2D eigenvalue weighted by atomic mass is 9.75. The zero-order valence-electron chi connectivity index (χ0n) is 9.99. The van der Waals surface area contributed by atoms with Crippen LogP contribution in [0.15, 0.2) is 0 Å². The molecule has 0 amide bonds. The standard InChI is InChI=1S/C11H20O4S/c1-3-16(13,14)9-4-6-10(12)11(15-2)7-5-8-11/h3-9H2,1-2H3. The maximum Gasteiger partial charge on any atom is 0.164 e. The van der Waals surface area contributed by atoms with Gasteiger partial charge in [-0.05, 0) is 25.7 Å². The molecule has 1 aliphatic rings. The van der Waals surface area contributed by atoms with E-state index in [2.05, 4.69) is 0 Å². The molecule has 4 nitrogen and oxygen atoms in total. The van der Waals surface area contributed by atoms with E-state index in [0.29, 0.717) is 12.8 Å². The third kappa shape index (κ3) is 3.04. The number of rotatable bonds is 7. The molecule has 0 radical (unpaired) electrons. The molecular formula is C11H20O4S. The van der Waals surface area contributed by atoms with Gasteiger partial charge in [0.2, 0.25) is 0 Å². The van der Waals surface area contributed by atoms with Crippen LogP contribution >= 0.6 is 0 Å². The highest BCUT2D eigenvalue weighted by molar-refractivity contribution is 7.91. The van der Waals surface area contributed by atoms with Crippen molar-refractivity contribution in [1.29, 1.82) is 0 Å². The van der Waals surface area contributed by atoms with Gasteiger partial charge in [-0.3, -0.25) is 4.79 Å². The third-order valence-corrected chi connectivity index (χ3v) is 5.15. The van der Waals surface area contributed by atoms with Gasteiger partial charge in [0.25, 0.3) is 0 Å². The molecule has 0 aromatic rings. The Kier molecular flexibility index (Phi) is 4.50. The summed E-state index contributed by atoms with van der Waals surface area (Å²) in [6.45, 7) is 1.62. The SMILES string of the molecule is CCS(=O)(=O)CCCC(=O)C1(OC)CCC1. The Labute approximate surface area is 97.3 Å². The van der Waals surface area contributed by atoms with E-state index >= 15 is 0 Å². The molecule has 0 aliphatic heterocycles. The maximum atomic E-state index is 11.8. The summed E-state index contributed by atoms with van der Waals surface area (Å²) in [4.78, 5) is 11.8. The van der Waals surface area contributed by atoms with Crippen LogP contribution < -0.4 is 0 Å². The quantitative estimate of drug-likeness (QED) is 0.682. The van der Waals surface area contributed by atoms with E-state index in [-0.39, 0.29) is 17.3 Å². The summed E-state index contributed by atoms with van der Waals surface area (Å²) in [6, 6.07) is 0. The number of hydrogen-bond acceptors (Lipinski definition) is 4. The molecule has 1 saturated carbocycles. The number of carbonyl (C=O) groups is 1. The van der Waals surface area contributed by atoms with Crippen molar-refractivity contribution >= 4 is 15.6 Å². The maximum absolute atomic E-state index is 11.8. The van der Waals surface area contributed by atoms with Crippen molar-refractivity contribution in [2.24, 2.45) is 0 Å². The smallest absolute Gasteiger partial charge is 0.164 e. The number of methoxy groups -OCH3 is 1. The molecule has 0 bridgehead atoms. The molecule has 16 heavy (non-hydrogen) atoms. The number of hydrogen-bond donors (Lipinski definition) is 0. The molecule has 0 spiro atoms. The van der Waals surface area contributed by atoms with Gasteiger partial charge in [0.05, 0.1) is 5.75 Å². The van der Waals surface area contributed by atoms with Gasteiger partial charge in [-0.2, -0.15) is 0 Å². The van der Waals surface area contributed by atoms with E-state index in [9.17, 15) is 13.2 Å². The van der Waals surface area contributed by atoms with Crippen LogP contribution in [-0.4, -0.2) is 38.4 Å². The zero-order chi connectivity index (χ0) is 12.2. The largest absolute Gasteiger partial charge is 0.370 e. The summed E-state index contributed by atoms with van der Waals surface area (Å²) >= 11 is 0. The Morgan fingerprint density at radius 2 is 2.00 bits per heavy atom. The molecule has 0 saturated heterocycles. The first-order valence-corrected chi connectivity index (χ1v) is 7.57. The molecule has 1 aliphatic carbocycles. The van der Waals surface area contributed by atoms with Crippen LogP contribution in [0.5, 0.6) is 0 Å². The predicted molar refractivity (Wildman–Crippen MR) is 62.2 cm³/mol. The number of ether oxygens (including phenoxy) is 1. The Bertz CT molecular complexity index is 335. The van der Waals surface area contributed by atoms with Crippen LogP contribution in [0.2, 0.25) is 0 Å². The molecular weight excluding hydrogens is 228 g/mol. The summed E-state index contributed by atoms with van der Waals surface area (Å²) in [6.07, 6.45) is 3.31. The van der Waals surface area contributed by atoms with Gasteiger partial charge in [0.1, 0.15) is 15.4 Å². The summed E-state index contributed by atoms with van der Waals surface area (Å²) in [7, 11) is -1.39. The van der Waals surface area contributed by atoms with E-state index in [0.717, 1.165) is 19.3 Å². The first-order valence-electron chi connectivity index (χ1n) is 5.74. The fourth-order valence-corrected chi connectivity index (χ4v) is 2.79. The van der Waals surface area contributed by atoms with E-state index in [4.69, 9.17) is 4.74 Å². The summed E-state index contributed by atoms with van der Waals surface area (Å²) in [5.74, 6) is 0.318. The highest BCUT2D eigenvalue weighted by Gasteiger charge is 2.43. The van der Waals surface area contributed by atoms with Crippen LogP contribution in [-0.2, 0) is 19.4 Å². The van der Waals surface area contributed by atoms with Crippen molar-refractivity contribution < 1.29 is 17.9 Å². The Balaban J connectivity index is 2.36. The topological polar surface area (TPSA) is 60.4 Å². The fourth-order valence-electron chi connectivity index (χ4n) is 1.92. The normalized spacial score (nSPS) is 19.1. The minimum absolute atomic E-state index is 0.0625. The van der Waals surface area contributed by atoms with Gasteiger partial charge in [0.15, 0.2) is 5.78 Å². The van der Waals surface area contributed by atoms with Gasteiger partial charge in [-0.15, -0.1) is 0 Å². The minimum Gasteiger partial charge on any atom is -0.370 e. The van der Waals surface area contributed by atoms with Crippen molar-refractivity contribution in [3.63, 3.8) is 0 Å². The number of sulfone groups is 1. The average molecular weight is 248 g/mol. The Morgan fingerprint density at radius 1 is 1.38 bits per heavy atom. The van der Waals surface area contributed by atoms with Crippen molar-refractivity contribution in [1.82, 2.24) is 0 Å². The first kappa shape index (κ1) is 13.6. The van der Waals surface area contributed by atoms with Crippen LogP contribution in [0, 0.1) is 0 Å². The molecule has 1 fully saturated rings. The first-order chi connectivity index (χ1) is 7.46. The number of ketones is 1. The summed E-state index contributed by atoms with van der Waals surface area (Å²) in [5, 5.41) is 0. The summed E-state index contributed by atoms with van der Waals surface area (Å²) in [5.41, 5.74) is -0.587. The number of Topliss-reactive ketones (excluding diaryl/α,β-unsaturated/α-hetero) is 1. The van der Waals surface area contributed by atoms with Gasteiger partial charge < -0.3 is 4.74 Å². The predicted octanol–water partition coefficient (Wildman–Crippen LogP) is 1.34. The number of carbonyl (C=O) groups excluding carboxylic acids is 1.